The molecule has 0 aliphatic carbocycles. The van der Waals surface area contributed by atoms with E-state index in [0.29, 0.717) is 30.8 Å². The van der Waals surface area contributed by atoms with Crippen LogP contribution in [-0.2, 0) is 14.3 Å². The second-order valence-corrected chi connectivity index (χ2v) is 8.70. The van der Waals surface area contributed by atoms with Gasteiger partial charge in [0.2, 0.25) is 0 Å². The van der Waals surface area contributed by atoms with Crippen LogP contribution < -0.4 is 0 Å². The van der Waals surface area contributed by atoms with Gasteiger partial charge in [0, 0.05) is 12.8 Å². The Balaban J connectivity index is 3.64. The summed E-state index contributed by atoms with van der Waals surface area (Å²) in [6.45, 7) is 9.34. The lowest BCUT2D eigenvalue weighted by molar-refractivity contribution is -0.145. The number of aliphatic carboxylic acids is 1. The monoisotopic (exact) mass is 398 g/mol. The first-order valence-electron chi connectivity index (χ1n) is 11.8. The van der Waals surface area contributed by atoms with Crippen molar-refractivity contribution in [2.75, 3.05) is 6.61 Å². The molecule has 28 heavy (non-hydrogen) atoms. The average molecular weight is 399 g/mol. The van der Waals surface area contributed by atoms with Crippen molar-refractivity contribution in [1.82, 2.24) is 0 Å². The van der Waals surface area contributed by atoms with Crippen LogP contribution in [0.15, 0.2) is 0 Å². The first-order valence-corrected chi connectivity index (χ1v) is 11.8. The lowest BCUT2D eigenvalue weighted by Gasteiger charge is -2.19. The van der Waals surface area contributed by atoms with Gasteiger partial charge in [-0.3, -0.25) is 9.59 Å². The summed E-state index contributed by atoms with van der Waals surface area (Å²) in [5.74, 6) is 0.882. The molecule has 1 N–H and O–H groups in total. The Morgan fingerprint density at radius 2 is 1.46 bits per heavy atom. The molecule has 0 saturated heterocycles. The number of ether oxygens (including phenoxy) is 1. The van der Waals surface area contributed by atoms with E-state index in [2.05, 4.69) is 27.7 Å². The zero-order valence-electron chi connectivity index (χ0n) is 19.0. The summed E-state index contributed by atoms with van der Waals surface area (Å²) < 4.78 is 5.45. The zero-order valence-corrected chi connectivity index (χ0v) is 19.0. The third-order valence-corrected chi connectivity index (χ3v) is 5.90. The van der Waals surface area contributed by atoms with Gasteiger partial charge in [0.15, 0.2) is 0 Å². The van der Waals surface area contributed by atoms with E-state index in [-0.39, 0.29) is 12.4 Å². The van der Waals surface area contributed by atoms with Crippen LogP contribution in [0, 0.1) is 17.8 Å². The predicted molar refractivity (Wildman–Crippen MR) is 116 cm³/mol. The molecule has 0 aromatic carbocycles. The van der Waals surface area contributed by atoms with Crippen LogP contribution in [-0.4, -0.2) is 23.7 Å². The van der Waals surface area contributed by atoms with E-state index in [1.165, 1.54) is 38.5 Å². The Hall–Kier alpha value is -1.06. The van der Waals surface area contributed by atoms with Crippen molar-refractivity contribution >= 4 is 11.9 Å². The first kappa shape index (κ1) is 26.9. The summed E-state index contributed by atoms with van der Waals surface area (Å²) in [4.78, 5) is 22.6. The molecule has 0 aliphatic rings. The van der Waals surface area contributed by atoms with E-state index in [0.717, 1.165) is 38.5 Å². The van der Waals surface area contributed by atoms with Crippen molar-refractivity contribution in [3.63, 3.8) is 0 Å². The number of hydrogen-bond donors (Lipinski definition) is 1. The molecule has 166 valence electrons. The van der Waals surface area contributed by atoms with Gasteiger partial charge < -0.3 is 9.84 Å². The molecule has 0 saturated carbocycles. The zero-order chi connectivity index (χ0) is 21.2. The maximum Gasteiger partial charge on any atom is 0.305 e. The SMILES string of the molecule is CCCCC(CC)COC(=O)CCCCCCCCC(CCC(=O)O)C(C)C. The number of esters is 1. The minimum atomic E-state index is -0.685. The molecule has 0 amide bonds. The lowest BCUT2D eigenvalue weighted by atomic mass is 9.86. The molecule has 2 atom stereocenters. The second kappa shape index (κ2) is 18.0. The smallest absolute Gasteiger partial charge is 0.305 e. The molecule has 0 heterocycles. The highest BCUT2D eigenvalue weighted by Crippen LogP contribution is 2.24. The molecule has 0 radical (unpaired) electrons. The summed E-state index contributed by atoms with van der Waals surface area (Å²) in [5, 5.41) is 8.85. The molecule has 0 spiro atoms. The van der Waals surface area contributed by atoms with Gasteiger partial charge >= 0.3 is 11.9 Å². The van der Waals surface area contributed by atoms with Crippen LogP contribution in [0.2, 0.25) is 0 Å². The van der Waals surface area contributed by atoms with Crippen LogP contribution in [0.3, 0.4) is 0 Å². The Morgan fingerprint density at radius 3 is 2.04 bits per heavy atom. The van der Waals surface area contributed by atoms with Gasteiger partial charge in [-0.05, 0) is 37.0 Å². The highest BCUT2D eigenvalue weighted by Gasteiger charge is 2.14. The summed E-state index contributed by atoms with van der Waals surface area (Å²) in [6, 6.07) is 0. The van der Waals surface area contributed by atoms with Gasteiger partial charge in [-0.25, -0.2) is 0 Å². The number of carbonyl (C=O) groups is 2. The molecule has 0 bridgehead atoms. The third kappa shape index (κ3) is 15.9. The summed E-state index contributed by atoms with van der Waals surface area (Å²) >= 11 is 0. The molecule has 4 nitrogen and oxygen atoms in total. The molecule has 0 fully saturated rings. The predicted octanol–water partition coefficient (Wildman–Crippen LogP) is 7.00. The van der Waals surface area contributed by atoms with Crippen LogP contribution in [0.25, 0.3) is 0 Å². The third-order valence-electron chi connectivity index (χ3n) is 5.90. The molecule has 0 aliphatic heterocycles. The maximum atomic E-state index is 11.9. The van der Waals surface area contributed by atoms with E-state index in [1.54, 1.807) is 0 Å². The first-order chi connectivity index (χ1) is 13.4. The quantitative estimate of drug-likeness (QED) is 0.188. The largest absolute Gasteiger partial charge is 0.481 e. The van der Waals surface area contributed by atoms with E-state index in [9.17, 15) is 9.59 Å². The van der Waals surface area contributed by atoms with Crippen molar-refractivity contribution in [2.45, 2.75) is 118 Å². The van der Waals surface area contributed by atoms with Gasteiger partial charge in [-0.1, -0.05) is 85.5 Å². The molecule has 0 rings (SSSR count). The Bertz CT molecular complexity index is 392. The lowest BCUT2D eigenvalue weighted by Crippen LogP contribution is -2.13. The van der Waals surface area contributed by atoms with E-state index < -0.39 is 5.97 Å². The average Bonchev–Trinajstić information content (AvgIpc) is 2.65. The molecular formula is C24H46O4. The van der Waals surface area contributed by atoms with Gasteiger partial charge in [-0.15, -0.1) is 0 Å². The van der Waals surface area contributed by atoms with Crippen molar-refractivity contribution in [1.29, 1.82) is 0 Å². The second-order valence-electron chi connectivity index (χ2n) is 8.70. The van der Waals surface area contributed by atoms with Crippen LogP contribution in [0.4, 0.5) is 0 Å². The Labute approximate surface area is 173 Å². The standard InChI is InChI=1S/C24H46O4/c1-5-7-14-21(6-2)19-28-24(27)16-13-11-9-8-10-12-15-22(20(3)4)17-18-23(25)26/h20-22H,5-19H2,1-4H3,(H,25,26). The van der Waals surface area contributed by atoms with Crippen LogP contribution in [0.1, 0.15) is 118 Å². The van der Waals surface area contributed by atoms with E-state index >= 15 is 0 Å². The van der Waals surface area contributed by atoms with Gasteiger partial charge in [0.25, 0.3) is 0 Å². The van der Waals surface area contributed by atoms with E-state index in [4.69, 9.17) is 9.84 Å². The molecular weight excluding hydrogens is 352 g/mol. The van der Waals surface area contributed by atoms with Crippen molar-refractivity contribution in [3.05, 3.63) is 0 Å². The number of carbonyl (C=O) groups excluding carboxylic acids is 1. The highest BCUT2D eigenvalue weighted by atomic mass is 16.5. The van der Waals surface area contributed by atoms with Crippen molar-refractivity contribution in [2.24, 2.45) is 17.8 Å². The summed E-state index contributed by atoms with van der Waals surface area (Å²) in [5.41, 5.74) is 0. The van der Waals surface area contributed by atoms with Crippen molar-refractivity contribution < 1.29 is 19.4 Å². The Morgan fingerprint density at radius 1 is 0.821 bits per heavy atom. The number of carboxylic acid groups (broad SMARTS) is 1. The van der Waals surface area contributed by atoms with E-state index in [1.807, 2.05) is 0 Å². The normalized spacial score (nSPS) is 13.5. The maximum absolute atomic E-state index is 11.9. The van der Waals surface area contributed by atoms with Gasteiger partial charge in [-0.2, -0.15) is 0 Å². The fourth-order valence-corrected chi connectivity index (χ4v) is 3.68. The molecule has 0 aromatic heterocycles. The molecule has 2 unspecified atom stereocenters. The molecule has 0 aromatic rings. The Kier molecular flexibility index (Phi) is 17.3. The van der Waals surface area contributed by atoms with Crippen LogP contribution >= 0.6 is 0 Å². The fourth-order valence-electron chi connectivity index (χ4n) is 3.68. The number of unbranched alkanes of at least 4 members (excludes halogenated alkanes) is 6. The highest BCUT2D eigenvalue weighted by molar-refractivity contribution is 5.69. The number of hydrogen-bond acceptors (Lipinski definition) is 3. The topological polar surface area (TPSA) is 63.6 Å². The molecule has 4 heteroatoms. The summed E-state index contributed by atoms with van der Waals surface area (Å²) in [7, 11) is 0. The van der Waals surface area contributed by atoms with Gasteiger partial charge in [0.1, 0.15) is 0 Å². The minimum Gasteiger partial charge on any atom is -0.481 e. The number of rotatable bonds is 19. The van der Waals surface area contributed by atoms with Gasteiger partial charge in [0.05, 0.1) is 6.61 Å². The van der Waals surface area contributed by atoms with Crippen LogP contribution in [0.5, 0.6) is 0 Å². The minimum absolute atomic E-state index is 0.0341. The fraction of sp³-hybridized carbons (Fsp3) is 0.917. The van der Waals surface area contributed by atoms with Crippen molar-refractivity contribution in [3.8, 4) is 0 Å². The number of carboxylic acids is 1. The summed E-state index contributed by atoms with van der Waals surface area (Å²) in [6.07, 6.45) is 14.2.